The minimum atomic E-state index is -4.61. The number of phosphoric acid groups is 1. The van der Waals surface area contributed by atoms with Crippen molar-refractivity contribution in [2.75, 3.05) is 26.4 Å². The normalized spacial score (nSPS) is 14.1. The van der Waals surface area contributed by atoms with Crippen LogP contribution in [0.4, 0.5) is 0 Å². The number of unbranched alkanes of at least 4 members (excludes halogenated alkanes) is 23. The zero-order valence-electron chi connectivity index (χ0n) is 32.6. The van der Waals surface area contributed by atoms with Gasteiger partial charge in [0, 0.05) is 12.8 Å². The summed E-state index contributed by atoms with van der Waals surface area (Å²) >= 11 is 0. The topological polar surface area (TPSA) is 149 Å². The number of aliphatic hydroxyl groups is 2. The van der Waals surface area contributed by atoms with Crippen LogP contribution in [0, 0.1) is 0 Å². The van der Waals surface area contributed by atoms with Crippen LogP contribution in [0.5, 0.6) is 0 Å². The van der Waals surface area contributed by atoms with Gasteiger partial charge in [-0.1, -0.05) is 154 Å². The van der Waals surface area contributed by atoms with E-state index in [4.69, 9.17) is 19.1 Å². The van der Waals surface area contributed by atoms with E-state index in [1.54, 1.807) is 0 Å². The Morgan fingerprint density at radius 3 is 1.43 bits per heavy atom. The molecule has 0 aliphatic rings. The summed E-state index contributed by atoms with van der Waals surface area (Å²) in [5, 5.41) is 18.3. The van der Waals surface area contributed by atoms with Crippen molar-refractivity contribution in [2.24, 2.45) is 0 Å². The van der Waals surface area contributed by atoms with Crippen molar-refractivity contribution in [1.29, 1.82) is 0 Å². The highest BCUT2D eigenvalue weighted by Crippen LogP contribution is 2.43. The predicted molar refractivity (Wildman–Crippen MR) is 205 cm³/mol. The number of esters is 2. The molecular formula is C40H77O10P. The van der Waals surface area contributed by atoms with Crippen LogP contribution in [0.1, 0.15) is 194 Å². The zero-order valence-corrected chi connectivity index (χ0v) is 33.5. The molecule has 1 unspecified atom stereocenters. The molecule has 11 heteroatoms. The summed E-state index contributed by atoms with van der Waals surface area (Å²) in [7, 11) is -4.61. The molecule has 0 aromatic rings. The molecule has 0 rings (SSSR count). The van der Waals surface area contributed by atoms with E-state index >= 15 is 0 Å². The average Bonchev–Trinajstić information content (AvgIpc) is 3.12. The molecule has 3 atom stereocenters. The second kappa shape index (κ2) is 37.0. The first-order valence-electron chi connectivity index (χ1n) is 20.6. The summed E-state index contributed by atoms with van der Waals surface area (Å²) < 4.78 is 32.6. The van der Waals surface area contributed by atoms with Gasteiger partial charge >= 0.3 is 19.8 Å². The smallest absolute Gasteiger partial charge is 0.462 e. The van der Waals surface area contributed by atoms with Crippen LogP contribution in [-0.2, 0) is 32.7 Å². The first-order chi connectivity index (χ1) is 24.7. The van der Waals surface area contributed by atoms with E-state index < -0.39 is 51.8 Å². The molecule has 51 heavy (non-hydrogen) atoms. The van der Waals surface area contributed by atoms with Gasteiger partial charge in [0.15, 0.2) is 6.10 Å². The van der Waals surface area contributed by atoms with Gasteiger partial charge in [0.1, 0.15) is 12.7 Å². The molecule has 0 radical (unpaired) electrons. The Labute approximate surface area is 311 Å². The quantitative estimate of drug-likeness (QED) is 0.0240. The van der Waals surface area contributed by atoms with Crippen LogP contribution in [0.3, 0.4) is 0 Å². The average molecular weight is 749 g/mol. The minimum Gasteiger partial charge on any atom is -0.462 e. The van der Waals surface area contributed by atoms with E-state index in [0.29, 0.717) is 12.8 Å². The number of aliphatic hydroxyl groups excluding tert-OH is 2. The number of phosphoric ester groups is 1. The van der Waals surface area contributed by atoms with Crippen molar-refractivity contribution in [3.63, 3.8) is 0 Å². The Hall–Kier alpha value is -1.29. The van der Waals surface area contributed by atoms with E-state index in [-0.39, 0.29) is 19.4 Å². The Balaban J connectivity index is 4.31. The molecule has 0 saturated heterocycles. The molecule has 0 aromatic carbocycles. The van der Waals surface area contributed by atoms with Crippen LogP contribution in [-0.4, -0.2) is 65.7 Å². The molecule has 0 saturated carbocycles. The lowest BCUT2D eigenvalue weighted by Crippen LogP contribution is -2.29. The highest BCUT2D eigenvalue weighted by molar-refractivity contribution is 7.47. The maximum atomic E-state index is 12.6. The summed E-state index contributed by atoms with van der Waals surface area (Å²) in [6.07, 6.45) is 33.2. The first-order valence-corrected chi connectivity index (χ1v) is 22.1. The van der Waals surface area contributed by atoms with Crippen LogP contribution in [0.15, 0.2) is 12.2 Å². The number of hydrogen-bond donors (Lipinski definition) is 3. The van der Waals surface area contributed by atoms with Gasteiger partial charge in [0.25, 0.3) is 0 Å². The Kier molecular flexibility index (Phi) is 36.1. The molecule has 0 aliphatic heterocycles. The van der Waals surface area contributed by atoms with Crippen LogP contribution >= 0.6 is 7.82 Å². The standard InChI is InChI=1S/C40H77O10P/c1-3-5-7-9-11-13-15-17-18-20-22-24-26-28-30-32-40(44)50-38(36-49-51(45,46)48-34-37(42)33-41)35-47-39(43)31-29-27-25-23-21-19-16-14-12-10-8-6-4-2/h14,16,37-38,41-42H,3-13,15,17-36H2,1-2H3,(H,45,46)/b16-14-/t37-,38+/m0/s1. The number of ether oxygens (including phenoxy) is 2. The molecule has 0 fully saturated rings. The molecule has 10 nitrogen and oxygen atoms in total. The van der Waals surface area contributed by atoms with Gasteiger partial charge in [0.2, 0.25) is 0 Å². The van der Waals surface area contributed by atoms with Crippen molar-refractivity contribution in [2.45, 2.75) is 206 Å². The van der Waals surface area contributed by atoms with E-state index in [9.17, 15) is 24.2 Å². The minimum absolute atomic E-state index is 0.188. The van der Waals surface area contributed by atoms with Crippen LogP contribution in [0.25, 0.3) is 0 Å². The molecule has 0 aliphatic carbocycles. The summed E-state index contributed by atoms with van der Waals surface area (Å²) in [6.45, 7) is 2.37. The molecule has 3 N–H and O–H groups in total. The number of rotatable bonds is 39. The molecule has 0 heterocycles. The maximum absolute atomic E-state index is 12.6. The lowest BCUT2D eigenvalue weighted by atomic mass is 10.0. The Morgan fingerprint density at radius 2 is 0.961 bits per heavy atom. The van der Waals surface area contributed by atoms with Crippen molar-refractivity contribution in [3.8, 4) is 0 Å². The third kappa shape index (κ3) is 36.8. The summed E-state index contributed by atoms with van der Waals surface area (Å²) in [5.74, 6) is -0.927. The van der Waals surface area contributed by atoms with Gasteiger partial charge in [-0.2, -0.15) is 0 Å². The van der Waals surface area contributed by atoms with Gasteiger partial charge in [-0.25, -0.2) is 4.57 Å². The van der Waals surface area contributed by atoms with Crippen molar-refractivity contribution >= 4 is 19.8 Å². The summed E-state index contributed by atoms with van der Waals surface area (Å²) in [5.41, 5.74) is 0. The third-order valence-corrected chi connectivity index (χ3v) is 9.87. The van der Waals surface area contributed by atoms with E-state index in [2.05, 4.69) is 30.5 Å². The van der Waals surface area contributed by atoms with Gasteiger partial charge < -0.3 is 24.6 Å². The van der Waals surface area contributed by atoms with Crippen molar-refractivity contribution < 1.29 is 47.8 Å². The maximum Gasteiger partial charge on any atom is 0.472 e. The molecule has 0 spiro atoms. The van der Waals surface area contributed by atoms with Crippen LogP contribution < -0.4 is 0 Å². The first kappa shape index (κ1) is 49.7. The fourth-order valence-corrected chi connectivity index (χ4v) is 6.48. The fourth-order valence-electron chi connectivity index (χ4n) is 5.69. The van der Waals surface area contributed by atoms with Crippen molar-refractivity contribution in [1.82, 2.24) is 0 Å². The van der Waals surface area contributed by atoms with Gasteiger partial charge in [0.05, 0.1) is 19.8 Å². The van der Waals surface area contributed by atoms with E-state index in [1.165, 1.54) is 96.3 Å². The number of carbonyl (C=O) groups is 2. The number of hydrogen-bond acceptors (Lipinski definition) is 9. The molecule has 302 valence electrons. The largest absolute Gasteiger partial charge is 0.472 e. The number of allylic oxidation sites excluding steroid dienone is 2. The molecule has 0 aromatic heterocycles. The van der Waals surface area contributed by atoms with Crippen LogP contribution in [0.2, 0.25) is 0 Å². The second-order valence-electron chi connectivity index (χ2n) is 14.0. The molecule has 0 bridgehead atoms. The highest BCUT2D eigenvalue weighted by Gasteiger charge is 2.27. The lowest BCUT2D eigenvalue weighted by molar-refractivity contribution is -0.161. The highest BCUT2D eigenvalue weighted by atomic mass is 31.2. The SMILES string of the molecule is CCCCCC/C=C\CCCCCCCC(=O)OC[C@H](COP(=O)(O)OC[C@@H](O)CO)OC(=O)CCCCCCCCCCCCCCCCC. The third-order valence-electron chi connectivity index (χ3n) is 8.92. The summed E-state index contributed by atoms with van der Waals surface area (Å²) in [4.78, 5) is 34.9. The summed E-state index contributed by atoms with van der Waals surface area (Å²) in [6, 6.07) is 0. The Morgan fingerprint density at radius 1 is 0.569 bits per heavy atom. The number of carbonyl (C=O) groups excluding carboxylic acids is 2. The van der Waals surface area contributed by atoms with Gasteiger partial charge in [-0.05, 0) is 38.5 Å². The molecule has 0 amide bonds. The Bertz CT molecular complexity index is 868. The molecular weight excluding hydrogens is 671 g/mol. The monoisotopic (exact) mass is 749 g/mol. The van der Waals surface area contributed by atoms with Crippen molar-refractivity contribution in [3.05, 3.63) is 12.2 Å². The van der Waals surface area contributed by atoms with E-state index in [0.717, 1.165) is 57.8 Å². The lowest BCUT2D eigenvalue weighted by Gasteiger charge is -2.20. The van der Waals surface area contributed by atoms with E-state index in [1.807, 2.05) is 0 Å². The predicted octanol–water partition coefficient (Wildman–Crippen LogP) is 10.4. The zero-order chi connectivity index (χ0) is 37.7. The van der Waals surface area contributed by atoms with Gasteiger partial charge in [-0.3, -0.25) is 18.6 Å². The fraction of sp³-hybridized carbons (Fsp3) is 0.900. The van der Waals surface area contributed by atoms with Gasteiger partial charge in [-0.15, -0.1) is 0 Å². The second-order valence-corrected chi connectivity index (χ2v) is 15.5.